The monoisotopic (exact) mass is 464 g/mol. The highest BCUT2D eigenvalue weighted by Crippen LogP contribution is 2.31. The van der Waals surface area contributed by atoms with Crippen molar-refractivity contribution in [2.45, 2.75) is 12.7 Å². The van der Waals surface area contributed by atoms with E-state index in [4.69, 9.17) is 4.74 Å². The van der Waals surface area contributed by atoms with E-state index in [1.165, 1.54) is 29.8 Å². The molecule has 0 atom stereocenters. The fraction of sp³-hybridized carbons (Fsp3) is 0.300. The number of amides is 1. The van der Waals surface area contributed by atoms with E-state index in [2.05, 4.69) is 25.6 Å². The van der Waals surface area contributed by atoms with Crippen LogP contribution in [0.4, 0.5) is 29.8 Å². The smallest absolute Gasteiger partial charge is 0.378 e. The molecule has 32 heavy (non-hydrogen) atoms. The number of carbonyl (C=O) groups excluding carboxylic acids is 1. The Morgan fingerprint density at radius 3 is 2.59 bits per heavy atom. The number of nitrogens with zero attached hydrogens (tertiary/aromatic N) is 4. The highest BCUT2D eigenvalue weighted by Gasteiger charge is 2.30. The number of aromatic nitrogens is 3. The predicted octanol–water partition coefficient (Wildman–Crippen LogP) is 3.46. The van der Waals surface area contributed by atoms with Gasteiger partial charge in [0.15, 0.2) is 5.13 Å². The molecule has 1 saturated heterocycles. The van der Waals surface area contributed by atoms with Gasteiger partial charge in [0.05, 0.1) is 25.3 Å². The van der Waals surface area contributed by atoms with Crippen molar-refractivity contribution in [2.24, 2.45) is 0 Å². The van der Waals surface area contributed by atoms with Crippen LogP contribution in [0.25, 0.3) is 0 Å². The molecule has 1 aliphatic heterocycles. The summed E-state index contributed by atoms with van der Waals surface area (Å²) in [6.07, 6.45) is -1.42. The summed E-state index contributed by atoms with van der Waals surface area (Å²) in [5.41, 5.74) is 0.0285. The van der Waals surface area contributed by atoms with Gasteiger partial charge in [-0.05, 0) is 24.3 Å². The van der Waals surface area contributed by atoms with Gasteiger partial charge in [-0.2, -0.15) is 13.2 Å². The molecule has 3 heterocycles. The minimum atomic E-state index is -4.38. The van der Waals surface area contributed by atoms with Crippen molar-refractivity contribution in [1.29, 1.82) is 0 Å². The second-order valence-corrected chi connectivity index (χ2v) is 7.99. The Kier molecular flexibility index (Phi) is 6.51. The van der Waals surface area contributed by atoms with E-state index in [0.717, 1.165) is 17.0 Å². The lowest BCUT2D eigenvalue weighted by Crippen LogP contribution is -2.37. The van der Waals surface area contributed by atoms with Gasteiger partial charge in [-0.3, -0.25) is 4.79 Å². The molecule has 1 aromatic carbocycles. The Bertz CT molecular complexity index is 1070. The molecule has 2 aromatic heterocycles. The van der Waals surface area contributed by atoms with Crippen molar-refractivity contribution in [1.82, 2.24) is 20.3 Å². The Balaban J connectivity index is 1.32. The molecule has 168 valence electrons. The molecule has 0 bridgehead atoms. The van der Waals surface area contributed by atoms with Crippen LogP contribution < -0.4 is 15.5 Å². The summed E-state index contributed by atoms with van der Waals surface area (Å²) < 4.78 is 43.3. The minimum Gasteiger partial charge on any atom is -0.378 e. The average molecular weight is 464 g/mol. The maximum atomic E-state index is 12.7. The number of ether oxygens (including phenoxy) is 1. The highest BCUT2D eigenvalue weighted by molar-refractivity contribution is 7.15. The van der Waals surface area contributed by atoms with Gasteiger partial charge in [-0.15, -0.1) is 0 Å². The highest BCUT2D eigenvalue weighted by atomic mass is 32.1. The summed E-state index contributed by atoms with van der Waals surface area (Å²) in [6, 6.07) is 6.33. The summed E-state index contributed by atoms with van der Waals surface area (Å²) in [5.74, 6) is 0.335. The van der Waals surface area contributed by atoms with Crippen LogP contribution in [0.15, 0.2) is 42.9 Å². The Labute approximate surface area is 185 Å². The second kappa shape index (κ2) is 9.49. The maximum absolute atomic E-state index is 12.7. The molecule has 0 unspecified atom stereocenters. The van der Waals surface area contributed by atoms with Gasteiger partial charge in [0.25, 0.3) is 5.91 Å². The van der Waals surface area contributed by atoms with Gasteiger partial charge in [-0.25, -0.2) is 15.0 Å². The van der Waals surface area contributed by atoms with Gasteiger partial charge in [-0.1, -0.05) is 11.3 Å². The van der Waals surface area contributed by atoms with Crippen LogP contribution in [0.1, 0.15) is 20.9 Å². The lowest BCUT2D eigenvalue weighted by Gasteiger charge is -2.27. The summed E-state index contributed by atoms with van der Waals surface area (Å²) >= 11 is 1.29. The van der Waals surface area contributed by atoms with Crippen LogP contribution in [0.2, 0.25) is 0 Å². The van der Waals surface area contributed by atoms with Crippen molar-refractivity contribution in [3.63, 3.8) is 0 Å². The summed E-state index contributed by atoms with van der Waals surface area (Å²) in [5, 5.41) is 6.25. The van der Waals surface area contributed by atoms with E-state index in [0.29, 0.717) is 42.9 Å². The molecule has 1 aliphatic rings. The number of rotatable bonds is 6. The lowest BCUT2D eigenvalue weighted by molar-refractivity contribution is -0.137. The Morgan fingerprint density at radius 1 is 1.12 bits per heavy atom. The number of thiazole rings is 1. The zero-order valence-electron chi connectivity index (χ0n) is 16.7. The van der Waals surface area contributed by atoms with Crippen LogP contribution in [0.3, 0.4) is 0 Å². The van der Waals surface area contributed by atoms with Gasteiger partial charge in [0.2, 0.25) is 0 Å². The molecule has 2 N–H and O–H groups in total. The number of nitrogens with one attached hydrogen (secondary N) is 2. The van der Waals surface area contributed by atoms with E-state index in [1.807, 2.05) is 4.90 Å². The van der Waals surface area contributed by atoms with E-state index in [9.17, 15) is 18.0 Å². The third-order valence-electron chi connectivity index (χ3n) is 4.66. The molecule has 0 radical (unpaired) electrons. The fourth-order valence-electron chi connectivity index (χ4n) is 3.01. The van der Waals surface area contributed by atoms with Gasteiger partial charge in [0.1, 0.15) is 17.8 Å². The van der Waals surface area contributed by atoms with Gasteiger partial charge >= 0.3 is 6.18 Å². The molecule has 1 amide bonds. The first kappa shape index (κ1) is 22.0. The topological polar surface area (TPSA) is 92.3 Å². The zero-order valence-corrected chi connectivity index (χ0v) is 17.5. The Hall–Kier alpha value is -3.25. The van der Waals surface area contributed by atoms with Crippen LogP contribution in [0, 0.1) is 0 Å². The molecular formula is C20H19F3N6O2S. The number of benzene rings is 1. The van der Waals surface area contributed by atoms with Crippen LogP contribution in [-0.4, -0.2) is 47.2 Å². The van der Waals surface area contributed by atoms with E-state index in [-0.39, 0.29) is 18.1 Å². The first-order valence-electron chi connectivity index (χ1n) is 9.70. The van der Waals surface area contributed by atoms with E-state index < -0.39 is 11.7 Å². The zero-order chi connectivity index (χ0) is 22.6. The number of alkyl halides is 3. The van der Waals surface area contributed by atoms with Gasteiger partial charge < -0.3 is 20.3 Å². The molecule has 12 heteroatoms. The standard InChI is InChI=1S/C20H19F3N6O2S/c21-20(22,23)13-1-3-14(4-2-13)28-19-25-11-15(32-19)10-24-18(30)16-9-17(27-12-26-16)29-5-7-31-8-6-29/h1-4,9,11-12H,5-8,10H2,(H,24,30)(H,25,28). The Morgan fingerprint density at radius 2 is 1.88 bits per heavy atom. The number of carbonyl (C=O) groups is 1. The number of hydrogen-bond acceptors (Lipinski definition) is 8. The van der Waals surface area contributed by atoms with Crippen LogP contribution in [0.5, 0.6) is 0 Å². The number of halogens is 3. The van der Waals surface area contributed by atoms with Crippen molar-refractivity contribution in [3.05, 3.63) is 59.0 Å². The van der Waals surface area contributed by atoms with Crippen LogP contribution >= 0.6 is 11.3 Å². The molecule has 3 aromatic rings. The average Bonchev–Trinajstić information content (AvgIpc) is 3.25. The molecule has 1 fully saturated rings. The number of anilines is 3. The molecular weight excluding hydrogens is 445 g/mol. The fourth-order valence-corrected chi connectivity index (χ4v) is 3.78. The lowest BCUT2D eigenvalue weighted by atomic mass is 10.2. The molecule has 0 saturated carbocycles. The molecule has 0 spiro atoms. The van der Waals surface area contributed by atoms with Crippen molar-refractivity contribution >= 4 is 33.9 Å². The predicted molar refractivity (Wildman–Crippen MR) is 113 cm³/mol. The summed E-state index contributed by atoms with van der Waals surface area (Å²) in [6.45, 7) is 2.86. The van der Waals surface area contributed by atoms with Crippen molar-refractivity contribution in [2.75, 3.05) is 36.5 Å². The molecule has 4 rings (SSSR count). The van der Waals surface area contributed by atoms with Crippen molar-refractivity contribution in [3.8, 4) is 0 Å². The third kappa shape index (κ3) is 5.51. The summed E-state index contributed by atoms with van der Waals surface area (Å²) in [7, 11) is 0. The minimum absolute atomic E-state index is 0.238. The summed E-state index contributed by atoms with van der Waals surface area (Å²) in [4.78, 5) is 27.8. The van der Waals surface area contributed by atoms with E-state index in [1.54, 1.807) is 12.3 Å². The van der Waals surface area contributed by atoms with E-state index >= 15 is 0 Å². The van der Waals surface area contributed by atoms with Gasteiger partial charge in [0, 0.05) is 35.9 Å². The third-order valence-corrected chi connectivity index (χ3v) is 5.57. The number of morpholine rings is 1. The molecule has 0 aliphatic carbocycles. The number of hydrogen-bond donors (Lipinski definition) is 2. The van der Waals surface area contributed by atoms with Crippen LogP contribution in [-0.2, 0) is 17.5 Å². The first-order chi connectivity index (χ1) is 15.4. The molecule has 8 nitrogen and oxygen atoms in total. The second-order valence-electron chi connectivity index (χ2n) is 6.88. The largest absolute Gasteiger partial charge is 0.416 e. The quantitative estimate of drug-likeness (QED) is 0.577. The first-order valence-corrected chi connectivity index (χ1v) is 10.5. The maximum Gasteiger partial charge on any atom is 0.416 e. The SMILES string of the molecule is O=C(NCc1cnc(Nc2ccc(C(F)(F)F)cc2)s1)c1cc(N2CCOCC2)ncn1. The van der Waals surface area contributed by atoms with Crippen molar-refractivity contribution < 1.29 is 22.7 Å². The normalized spacial score (nSPS) is 14.3.